The SMILES string of the molecule is CCCCCCCCCCCCN(CC(CC)CCCC)c1ccccc1. The molecule has 0 N–H and O–H groups in total. The summed E-state index contributed by atoms with van der Waals surface area (Å²) < 4.78 is 0. The maximum absolute atomic E-state index is 2.66. The Morgan fingerprint density at radius 1 is 0.667 bits per heavy atom. The molecule has 0 heterocycles. The van der Waals surface area contributed by atoms with Gasteiger partial charge < -0.3 is 4.90 Å². The Kier molecular flexibility index (Phi) is 15.3. The minimum atomic E-state index is 0.841. The number of para-hydroxylation sites is 1. The van der Waals surface area contributed by atoms with Crippen molar-refractivity contribution in [3.63, 3.8) is 0 Å². The third-order valence-corrected chi connectivity index (χ3v) is 5.92. The van der Waals surface area contributed by atoms with E-state index in [1.165, 1.54) is 109 Å². The van der Waals surface area contributed by atoms with Gasteiger partial charge in [0.05, 0.1) is 0 Å². The van der Waals surface area contributed by atoms with Crippen LogP contribution in [-0.4, -0.2) is 13.1 Å². The molecule has 1 nitrogen and oxygen atoms in total. The van der Waals surface area contributed by atoms with Gasteiger partial charge in [0, 0.05) is 18.8 Å². The van der Waals surface area contributed by atoms with Crippen LogP contribution in [0.2, 0.25) is 0 Å². The first kappa shape index (κ1) is 24.1. The summed E-state index contributed by atoms with van der Waals surface area (Å²) in [6.45, 7) is 9.43. The number of nitrogens with zero attached hydrogens (tertiary/aromatic N) is 1. The number of benzene rings is 1. The summed E-state index contributed by atoms with van der Waals surface area (Å²) in [6, 6.07) is 11.1. The Morgan fingerprint density at radius 2 is 1.22 bits per heavy atom. The molecule has 1 unspecified atom stereocenters. The largest absolute Gasteiger partial charge is 0.371 e. The summed E-state index contributed by atoms with van der Waals surface area (Å²) in [7, 11) is 0. The number of unbranched alkanes of at least 4 members (excludes halogenated alkanes) is 10. The van der Waals surface area contributed by atoms with E-state index in [2.05, 4.69) is 56.0 Å². The molecule has 0 spiro atoms. The van der Waals surface area contributed by atoms with Gasteiger partial charge in [-0.25, -0.2) is 0 Å². The topological polar surface area (TPSA) is 3.24 Å². The van der Waals surface area contributed by atoms with Crippen LogP contribution < -0.4 is 4.90 Å². The first-order chi connectivity index (χ1) is 13.3. The van der Waals surface area contributed by atoms with Crippen molar-refractivity contribution in [2.45, 2.75) is 111 Å². The van der Waals surface area contributed by atoms with Gasteiger partial charge in [-0.2, -0.15) is 0 Å². The Bertz CT molecular complexity index is 413. The Labute approximate surface area is 170 Å². The monoisotopic (exact) mass is 373 g/mol. The summed E-state index contributed by atoms with van der Waals surface area (Å²) in [5.41, 5.74) is 1.42. The van der Waals surface area contributed by atoms with E-state index in [1.807, 2.05) is 0 Å². The molecule has 0 aliphatic rings. The van der Waals surface area contributed by atoms with Crippen molar-refractivity contribution < 1.29 is 0 Å². The Balaban J connectivity index is 2.29. The van der Waals surface area contributed by atoms with E-state index in [9.17, 15) is 0 Å². The Morgan fingerprint density at radius 3 is 1.78 bits per heavy atom. The van der Waals surface area contributed by atoms with Gasteiger partial charge in [-0.15, -0.1) is 0 Å². The van der Waals surface area contributed by atoms with Crippen molar-refractivity contribution in [3.8, 4) is 0 Å². The van der Waals surface area contributed by atoms with E-state index in [1.54, 1.807) is 0 Å². The number of rotatable bonds is 18. The van der Waals surface area contributed by atoms with Gasteiger partial charge >= 0.3 is 0 Å². The maximum Gasteiger partial charge on any atom is 0.0366 e. The van der Waals surface area contributed by atoms with Crippen molar-refractivity contribution in [1.29, 1.82) is 0 Å². The van der Waals surface area contributed by atoms with Gasteiger partial charge in [-0.05, 0) is 30.9 Å². The predicted molar refractivity (Wildman–Crippen MR) is 124 cm³/mol. The highest BCUT2D eigenvalue weighted by atomic mass is 15.1. The fourth-order valence-corrected chi connectivity index (χ4v) is 3.98. The minimum Gasteiger partial charge on any atom is -0.371 e. The van der Waals surface area contributed by atoms with E-state index < -0.39 is 0 Å². The first-order valence-electron chi connectivity index (χ1n) is 12.1. The van der Waals surface area contributed by atoms with Crippen molar-refractivity contribution in [3.05, 3.63) is 30.3 Å². The van der Waals surface area contributed by atoms with Gasteiger partial charge in [0.15, 0.2) is 0 Å². The predicted octanol–water partition coefficient (Wildman–Crippen LogP) is 8.63. The molecule has 0 saturated heterocycles. The van der Waals surface area contributed by atoms with E-state index in [0.717, 1.165) is 5.92 Å². The van der Waals surface area contributed by atoms with Crippen LogP contribution in [0.5, 0.6) is 0 Å². The molecule has 1 rings (SSSR count). The summed E-state index contributed by atoms with van der Waals surface area (Å²) >= 11 is 0. The number of hydrogen-bond acceptors (Lipinski definition) is 1. The van der Waals surface area contributed by atoms with Gasteiger partial charge in [0.25, 0.3) is 0 Å². The lowest BCUT2D eigenvalue weighted by Crippen LogP contribution is -2.30. The lowest BCUT2D eigenvalue weighted by atomic mass is 9.98. The van der Waals surface area contributed by atoms with E-state index in [4.69, 9.17) is 0 Å². The second-order valence-corrected chi connectivity index (χ2v) is 8.38. The van der Waals surface area contributed by atoms with Crippen molar-refractivity contribution >= 4 is 5.69 Å². The van der Waals surface area contributed by atoms with Crippen LogP contribution in [0.1, 0.15) is 111 Å². The Hall–Kier alpha value is -0.980. The zero-order valence-electron chi connectivity index (χ0n) is 18.7. The molecule has 1 aromatic rings. The maximum atomic E-state index is 2.66. The lowest BCUT2D eigenvalue weighted by molar-refractivity contribution is 0.442. The van der Waals surface area contributed by atoms with Crippen molar-refractivity contribution in [2.75, 3.05) is 18.0 Å². The number of hydrogen-bond donors (Lipinski definition) is 0. The normalized spacial score (nSPS) is 12.3. The molecule has 27 heavy (non-hydrogen) atoms. The average Bonchev–Trinajstić information content (AvgIpc) is 2.71. The van der Waals surface area contributed by atoms with Gasteiger partial charge in [-0.1, -0.05) is 116 Å². The van der Waals surface area contributed by atoms with E-state index >= 15 is 0 Å². The van der Waals surface area contributed by atoms with E-state index in [0.29, 0.717) is 0 Å². The standard InChI is InChI=1S/C26H47N/c1-4-7-9-10-11-12-13-14-15-19-23-27(26-21-17-16-18-22-26)24-25(6-3)20-8-5-2/h16-18,21-22,25H,4-15,19-20,23-24H2,1-3H3. The molecule has 156 valence electrons. The second kappa shape index (κ2) is 17.1. The van der Waals surface area contributed by atoms with Crippen LogP contribution >= 0.6 is 0 Å². The van der Waals surface area contributed by atoms with Crippen LogP contribution in [0.25, 0.3) is 0 Å². The van der Waals surface area contributed by atoms with Gasteiger partial charge in [-0.3, -0.25) is 0 Å². The van der Waals surface area contributed by atoms with Crippen molar-refractivity contribution in [2.24, 2.45) is 5.92 Å². The summed E-state index contributed by atoms with van der Waals surface area (Å²) in [6.07, 6.45) is 19.5. The fraction of sp³-hybridized carbons (Fsp3) is 0.769. The molecule has 1 atom stereocenters. The van der Waals surface area contributed by atoms with Crippen LogP contribution in [0, 0.1) is 5.92 Å². The van der Waals surface area contributed by atoms with Gasteiger partial charge in [0.2, 0.25) is 0 Å². The smallest absolute Gasteiger partial charge is 0.0366 e. The molecule has 0 aromatic heterocycles. The van der Waals surface area contributed by atoms with Crippen LogP contribution in [0.15, 0.2) is 30.3 Å². The molecule has 0 saturated carbocycles. The van der Waals surface area contributed by atoms with Gasteiger partial charge in [0.1, 0.15) is 0 Å². The molecular weight excluding hydrogens is 326 g/mol. The number of anilines is 1. The molecule has 0 bridgehead atoms. The lowest BCUT2D eigenvalue weighted by Gasteiger charge is -2.29. The summed E-state index contributed by atoms with van der Waals surface area (Å²) in [5, 5.41) is 0. The highest BCUT2D eigenvalue weighted by molar-refractivity contribution is 5.45. The molecule has 0 amide bonds. The zero-order chi connectivity index (χ0) is 19.6. The molecular formula is C26H47N. The van der Waals surface area contributed by atoms with Crippen LogP contribution in [-0.2, 0) is 0 Å². The van der Waals surface area contributed by atoms with Crippen LogP contribution in [0.4, 0.5) is 5.69 Å². The van der Waals surface area contributed by atoms with E-state index in [-0.39, 0.29) is 0 Å². The third kappa shape index (κ3) is 12.2. The molecule has 0 fully saturated rings. The molecule has 0 aliphatic carbocycles. The van der Waals surface area contributed by atoms with Crippen LogP contribution in [0.3, 0.4) is 0 Å². The summed E-state index contributed by atoms with van der Waals surface area (Å²) in [4.78, 5) is 2.66. The quantitative estimate of drug-likeness (QED) is 0.233. The molecule has 0 radical (unpaired) electrons. The highest BCUT2D eigenvalue weighted by Gasteiger charge is 2.13. The average molecular weight is 374 g/mol. The van der Waals surface area contributed by atoms with Crippen molar-refractivity contribution in [1.82, 2.24) is 0 Å². The first-order valence-corrected chi connectivity index (χ1v) is 12.1. The third-order valence-electron chi connectivity index (χ3n) is 5.92. The second-order valence-electron chi connectivity index (χ2n) is 8.38. The zero-order valence-corrected chi connectivity index (χ0v) is 18.7. The fourth-order valence-electron chi connectivity index (χ4n) is 3.98. The highest BCUT2D eigenvalue weighted by Crippen LogP contribution is 2.21. The molecule has 1 heteroatoms. The minimum absolute atomic E-state index is 0.841. The molecule has 0 aliphatic heterocycles. The molecule has 1 aromatic carbocycles. The summed E-state index contributed by atoms with van der Waals surface area (Å²) in [5.74, 6) is 0.841.